The summed E-state index contributed by atoms with van der Waals surface area (Å²) in [5.74, 6) is 0.662. The zero-order valence-electron chi connectivity index (χ0n) is 17.2. The molecule has 0 fully saturated rings. The molecule has 0 unspecified atom stereocenters. The highest BCUT2D eigenvalue weighted by Gasteiger charge is 2.25. The minimum atomic E-state index is -0.295. The molecule has 0 radical (unpaired) electrons. The van der Waals surface area contributed by atoms with Crippen LogP contribution in [0, 0.1) is 6.92 Å². The lowest BCUT2D eigenvalue weighted by molar-refractivity contribution is -0.142. The summed E-state index contributed by atoms with van der Waals surface area (Å²) in [5, 5.41) is 9.37. The molecule has 5 nitrogen and oxygen atoms in total. The third-order valence-electron chi connectivity index (χ3n) is 4.61. The van der Waals surface area contributed by atoms with Crippen molar-refractivity contribution in [1.82, 2.24) is 14.8 Å². The van der Waals surface area contributed by atoms with E-state index < -0.39 is 0 Å². The molecule has 1 heterocycles. The number of aromatic nitrogens is 3. The van der Waals surface area contributed by atoms with Gasteiger partial charge in [0.15, 0.2) is 5.16 Å². The van der Waals surface area contributed by atoms with Crippen molar-refractivity contribution in [1.29, 1.82) is 0 Å². The van der Waals surface area contributed by atoms with Gasteiger partial charge in [-0.15, -0.1) is 10.2 Å². The molecule has 2 aromatic carbocycles. The van der Waals surface area contributed by atoms with Gasteiger partial charge in [0.25, 0.3) is 0 Å². The molecule has 1 atom stereocenters. The largest absolute Gasteiger partial charge is 0.465 e. The monoisotopic (exact) mass is 409 g/mol. The van der Waals surface area contributed by atoms with Crippen LogP contribution in [0.5, 0.6) is 0 Å². The van der Waals surface area contributed by atoms with Crippen LogP contribution in [0.2, 0.25) is 0 Å². The topological polar surface area (TPSA) is 57.0 Å². The summed E-state index contributed by atoms with van der Waals surface area (Å²) < 4.78 is 7.36. The molecule has 0 spiro atoms. The summed E-state index contributed by atoms with van der Waals surface area (Å²) in [6.45, 7) is 6.35. The quantitative estimate of drug-likeness (QED) is 0.368. The van der Waals surface area contributed by atoms with Gasteiger partial charge in [-0.3, -0.25) is 9.36 Å². The SMILES string of the molecule is CCC[C@H](Sc1nnc(Cc2ccccc2)n1-c1ccccc1C)C(=O)OCC. The fourth-order valence-corrected chi connectivity index (χ4v) is 4.34. The summed E-state index contributed by atoms with van der Waals surface area (Å²) in [7, 11) is 0. The number of hydrogen-bond donors (Lipinski definition) is 0. The smallest absolute Gasteiger partial charge is 0.319 e. The zero-order valence-corrected chi connectivity index (χ0v) is 18.0. The van der Waals surface area contributed by atoms with Crippen LogP contribution < -0.4 is 0 Å². The van der Waals surface area contributed by atoms with E-state index in [9.17, 15) is 4.79 Å². The molecule has 1 aromatic heterocycles. The number of benzene rings is 2. The Labute approximate surface area is 176 Å². The number of carbonyl (C=O) groups is 1. The van der Waals surface area contributed by atoms with Gasteiger partial charge in [0.2, 0.25) is 0 Å². The Hall–Kier alpha value is -2.60. The van der Waals surface area contributed by atoms with Gasteiger partial charge in [-0.2, -0.15) is 0 Å². The second-order valence-electron chi connectivity index (χ2n) is 6.83. The maximum atomic E-state index is 12.4. The third-order valence-corrected chi connectivity index (χ3v) is 5.80. The lowest BCUT2D eigenvalue weighted by Crippen LogP contribution is -2.21. The van der Waals surface area contributed by atoms with E-state index in [1.54, 1.807) is 0 Å². The Morgan fingerprint density at radius 1 is 1.07 bits per heavy atom. The summed E-state index contributed by atoms with van der Waals surface area (Å²) >= 11 is 1.44. The van der Waals surface area contributed by atoms with E-state index in [0.29, 0.717) is 13.0 Å². The van der Waals surface area contributed by atoms with Crippen molar-refractivity contribution in [2.45, 2.75) is 50.4 Å². The Bertz CT molecular complexity index is 940. The molecule has 0 aliphatic rings. The molecular formula is C23H27N3O2S. The van der Waals surface area contributed by atoms with Crippen LogP contribution in [-0.2, 0) is 16.0 Å². The number of aryl methyl sites for hydroxylation is 1. The molecule has 0 amide bonds. The Balaban J connectivity index is 2.00. The number of thioether (sulfide) groups is 1. The van der Waals surface area contributed by atoms with Crippen molar-refractivity contribution in [3.63, 3.8) is 0 Å². The van der Waals surface area contributed by atoms with Crippen LogP contribution in [0.3, 0.4) is 0 Å². The molecule has 6 heteroatoms. The fourth-order valence-electron chi connectivity index (χ4n) is 3.18. The van der Waals surface area contributed by atoms with Gasteiger partial charge in [-0.25, -0.2) is 0 Å². The Morgan fingerprint density at radius 3 is 2.48 bits per heavy atom. The van der Waals surface area contributed by atoms with Crippen molar-refractivity contribution < 1.29 is 9.53 Å². The number of nitrogens with zero attached hydrogens (tertiary/aromatic N) is 3. The van der Waals surface area contributed by atoms with Gasteiger partial charge in [-0.05, 0) is 37.5 Å². The van der Waals surface area contributed by atoms with Gasteiger partial charge in [-0.1, -0.05) is 73.6 Å². The summed E-state index contributed by atoms with van der Waals surface area (Å²) in [6.07, 6.45) is 2.30. The average molecular weight is 410 g/mol. The normalized spacial score (nSPS) is 12.0. The molecule has 0 N–H and O–H groups in total. The van der Waals surface area contributed by atoms with E-state index in [4.69, 9.17) is 4.74 Å². The second kappa shape index (κ2) is 10.3. The molecule has 0 aliphatic carbocycles. The maximum Gasteiger partial charge on any atom is 0.319 e. The van der Waals surface area contributed by atoms with Gasteiger partial charge < -0.3 is 4.74 Å². The van der Waals surface area contributed by atoms with Gasteiger partial charge in [0.05, 0.1) is 12.3 Å². The number of para-hydroxylation sites is 1. The van der Waals surface area contributed by atoms with Crippen molar-refractivity contribution in [3.05, 3.63) is 71.5 Å². The van der Waals surface area contributed by atoms with Gasteiger partial charge in [0.1, 0.15) is 11.1 Å². The minimum absolute atomic E-state index is 0.191. The van der Waals surface area contributed by atoms with Crippen molar-refractivity contribution in [2.75, 3.05) is 6.61 Å². The third kappa shape index (κ3) is 5.26. The summed E-state index contributed by atoms with van der Waals surface area (Å²) in [5.41, 5.74) is 3.33. The highest BCUT2D eigenvalue weighted by molar-refractivity contribution is 8.00. The van der Waals surface area contributed by atoms with Crippen molar-refractivity contribution in [3.8, 4) is 5.69 Å². The van der Waals surface area contributed by atoms with E-state index in [1.807, 2.05) is 37.3 Å². The van der Waals surface area contributed by atoms with Crippen LogP contribution in [0.25, 0.3) is 5.69 Å². The number of esters is 1. The first kappa shape index (κ1) is 21.1. The fraction of sp³-hybridized carbons (Fsp3) is 0.348. The average Bonchev–Trinajstić information content (AvgIpc) is 3.11. The van der Waals surface area contributed by atoms with Crippen LogP contribution in [0.4, 0.5) is 0 Å². The lowest BCUT2D eigenvalue weighted by Gasteiger charge is -2.16. The first-order valence-electron chi connectivity index (χ1n) is 10.0. The number of hydrogen-bond acceptors (Lipinski definition) is 5. The molecule has 3 rings (SSSR count). The van der Waals surface area contributed by atoms with Crippen LogP contribution in [0.1, 0.15) is 43.6 Å². The minimum Gasteiger partial charge on any atom is -0.465 e. The molecule has 0 saturated heterocycles. The van der Waals surface area contributed by atoms with Crippen LogP contribution in [0.15, 0.2) is 59.8 Å². The highest BCUT2D eigenvalue weighted by atomic mass is 32.2. The van der Waals surface area contributed by atoms with Crippen LogP contribution >= 0.6 is 11.8 Å². The van der Waals surface area contributed by atoms with E-state index in [0.717, 1.165) is 35.1 Å². The molecule has 152 valence electrons. The summed E-state index contributed by atoms with van der Waals surface area (Å²) in [6, 6.07) is 18.4. The first-order valence-corrected chi connectivity index (χ1v) is 10.9. The number of ether oxygens (including phenoxy) is 1. The van der Waals surface area contributed by atoms with E-state index in [-0.39, 0.29) is 11.2 Å². The molecular weight excluding hydrogens is 382 g/mol. The van der Waals surface area contributed by atoms with Gasteiger partial charge in [0, 0.05) is 6.42 Å². The Morgan fingerprint density at radius 2 is 1.79 bits per heavy atom. The van der Waals surface area contributed by atoms with Crippen LogP contribution in [-0.4, -0.2) is 32.6 Å². The predicted octanol–water partition coefficient (Wildman–Crippen LogP) is 4.99. The van der Waals surface area contributed by atoms with Crippen molar-refractivity contribution in [2.24, 2.45) is 0 Å². The van der Waals surface area contributed by atoms with Gasteiger partial charge >= 0.3 is 5.97 Å². The predicted molar refractivity (Wildman–Crippen MR) is 117 cm³/mol. The molecule has 0 bridgehead atoms. The Kier molecular flexibility index (Phi) is 7.47. The lowest BCUT2D eigenvalue weighted by atomic mass is 10.1. The number of rotatable bonds is 9. The first-order chi connectivity index (χ1) is 14.1. The summed E-state index contributed by atoms with van der Waals surface area (Å²) in [4.78, 5) is 12.4. The maximum absolute atomic E-state index is 12.4. The van der Waals surface area contributed by atoms with E-state index in [1.165, 1.54) is 17.3 Å². The highest BCUT2D eigenvalue weighted by Crippen LogP contribution is 2.30. The molecule has 3 aromatic rings. The molecule has 0 aliphatic heterocycles. The standard InChI is InChI=1S/C23H27N3O2S/c1-4-11-20(22(27)28-5-2)29-23-25-24-21(16-18-13-7-6-8-14-18)26(23)19-15-10-9-12-17(19)3/h6-10,12-15,20H,4-5,11,16H2,1-3H3/t20-/m0/s1. The van der Waals surface area contributed by atoms with E-state index in [2.05, 4.69) is 52.9 Å². The molecule has 0 saturated carbocycles. The second-order valence-corrected chi connectivity index (χ2v) is 8.00. The van der Waals surface area contributed by atoms with Crippen molar-refractivity contribution >= 4 is 17.7 Å². The number of carbonyl (C=O) groups excluding carboxylic acids is 1. The molecule has 29 heavy (non-hydrogen) atoms. The van der Waals surface area contributed by atoms with E-state index >= 15 is 0 Å². The zero-order chi connectivity index (χ0) is 20.6.